The zero-order chi connectivity index (χ0) is 26.7. The van der Waals surface area contributed by atoms with Crippen molar-refractivity contribution in [3.63, 3.8) is 0 Å². The molecule has 3 amide bonds. The van der Waals surface area contributed by atoms with E-state index in [9.17, 15) is 19.2 Å². The van der Waals surface area contributed by atoms with Crippen molar-refractivity contribution in [2.24, 2.45) is 0 Å². The Morgan fingerprint density at radius 3 is 2.38 bits per heavy atom. The highest BCUT2D eigenvalue weighted by Gasteiger charge is 2.34. The molecular formula is C25H18Cl2N2O8. The minimum absolute atomic E-state index is 0.0101. The van der Waals surface area contributed by atoms with E-state index in [1.807, 2.05) is 0 Å². The molecule has 3 aromatic rings. The predicted molar refractivity (Wildman–Crippen MR) is 131 cm³/mol. The van der Waals surface area contributed by atoms with E-state index < -0.39 is 23.9 Å². The maximum absolute atomic E-state index is 12.8. The van der Waals surface area contributed by atoms with Crippen molar-refractivity contribution in [2.75, 3.05) is 7.11 Å². The molecule has 1 aliphatic heterocycles. The van der Waals surface area contributed by atoms with Gasteiger partial charge in [0.2, 0.25) is 5.76 Å². The van der Waals surface area contributed by atoms with Crippen LogP contribution in [-0.4, -0.2) is 41.0 Å². The van der Waals surface area contributed by atoms with E-state index in [1.165, 1.54) is 49.6 Å². The summed E-state index contributed by atoms with van der Waals surface area (Å²) in [5.74, 6) is -1.95. The smallest absolute Gasteiger partial charge is 0.373 e. The van der Waals surface area contributed by atoms with Crippen LogP contribution in [0, 0.1) is 0 Å². The number of aromatic carboxylic acids is 1. The minimum atomic E-state index is -1.03. The standard InChI is InChI=1S/C25H18Cl2N2O8/c1-35-24(33)20-7-6-16(37-20)11-29-22(30)19(28-25(29)34)10-14-8-17(26)21(18(27)9-14)36-12-13-2-4-15(5-3-13)23(31)32/h2-10H,11-12H2,1H3,(H,28,34)(H,31,32)/b19-10-. The third-order valence-electron chi connectivity index (χ3n) is 5.24. The Bertz CT molecular complexity index is 1410. The van der Waals surface area contributed by atoms with Crippen molar-refractivity contribution in [3.8, 4) is 5.75 Å². The number of carbonyl (C=O) groups excluding carboxylic acids is 3. The number of esters is 1. The van der Waals surface area contributed by atoms with Gasteiger partial charge in [-0.3, -0.25) is 9.69 Å². The number of rotatable bonds is 8. The number of methoxy groups -OCH3 is 1. The Hall–Kier alpha value is -4.28. The lowest BCUT2D eigenvalue weighted by Gasteiger charge is -2.11. The fourth-order valence-corrected chi connectivity index (χ4v) is 4.02. The van der Waals surface area contributed by atoms with Crippen LogP contribution in [0.5, 0.6) is 5.75 Å². The molecule has 0 spiro atoms. The molecule has 0 radical (unpaired) electrons. The van der Waals surface area contributed by atoms with Crippen molar-refractivity contribution in [1.29, 1.82) is 0 Å². The molecule has 2 heterocycles. The second-order valence-corrected chi connectivity index (χ2v) is 8.56. The van der Waals surface area contributed by atoms with Crippen molar-refractivity contribution in [2.45, 2.75) is 13.2 Å². The third-order valence-corrected chi connectivity index (χ3v) is 5.80. The molecule has 37 heavy (non-hydrogen) atoms. The second kappa shape index (κ2) is 10.8. The van der Waals surface area contributed by atoms with Gasteiger partial charge >= 0.3 is 18.0 Å². The summed E-state index contributed by atoms with van der Waals surface area (Å²) in [6.07, 6.45) is 1.41. The second-order valence-electron chi connectivity index (χ2n) is 7.74. The van der Waals surface area contributed by atoms with Gasteiger partial charge < -0.3 is 24.3 Å². The number of amides is 3. The van der Waals surface area contributed by atoms with Gasteiger partial charge in [-0.05, 0) is 53.6 Å². The Morgan fingerprint density at radius 2 is 1.76 bits per heavy atom. The van der Waals surface area contributed by atoms with Gasteiger partial charge in [0, 0.05) is 0 Å². The highest BCUT2D eigenvalue weighted by atomic mass is 35.5. The van der Waals surface area contributed by atoms with Crippen LogP contribution in [0.2, 0.25) is 10.0 Å². The van der Waals surface area contributed by atoms with Crippen molar-refractivity contribution in [3.05, 3.63) is 92.5 Å². The molecule has 0 bridgehead atoms. The van der Waals surface area contributed by atoms with Gasteiger partial charge in [0.05, 0.1) is 29.3 Å². The summed E-state index contributed by atoms with van der Waals surface area (Å²) < 4.78 is 15.6. The monoisotopic (exact) mass is 544 g/mol. The molecule has 0 aliphatic carbocycles. The number of imide groups is 1. The first-order valence-corrected chi connectivity index (χ1v) is 11.4. The lowest BCUT2D eigenvalue weighted by molar-refractivity contribution is -0.123. The summed E-state index contributed by atoms with van der Waals surface area (Å²) >= 11 is 12.7. The van der Waals surface area contributed by atoms with Crippen LogP contribution in [0.15, 0.2) is 58.6 Å². The van der Waals surface area contributed by atoms with Gasteiger partial charge in [-0.25, -0.2) is 14.4 Å². The van der Waals surface area contributed by atoms with Crippen LogP contribution in [0.3, 0.4) is 0 Å². The highest BCUT2D eigenvalue weighted by molar-refractivity contribution is 6.37. The first-order chi connectivity index (χ1) is 17.7. The number of urea groups is 1. The summed E-state index contributed by atoms with van der Waals surface area (Å²) in [6, 6.07) is 11.4. The molecule has 1 saturated heterocycles. The number of carbonyl (C=O) groups is 4. The number of carboxylic acid groups (broad SMARTS) is 1. The summed E-state index contributed by atoms with van der Waals surface area (Å²) in [5, 5.41) is 11.8. The van der Waals surface area contributed by atoms with Crippen LogP contribution in [0.4, 0.5) is 4.79 Å². The normalized spacial score (nSPS) is 14.1. The van der Waals surface area contributed by atoms with Gasteiger partial charge in [0.25, 0.3) is 5.91 Å². The predicted octanol–water partition coefficient (Wildman–Crippen LogP) is 4.74. The lowest BCUT2D eigenvalue weighted by atomic mass is 10.1. The van der Waals surface area contributed by atoms with E-state index in [2.05, 4.69) is 10.1 Å². The van der Waals surface area contributed by atoms with Crippen LogP contribution >= 0.6 is 23.2 Å². The molecule has 2 N–H and O–H groups in total. The first-order valence-electron chi connectivity index (χ1n) is 10.6. The molecule has 0 saturated carbocycles. The van der Waals surface area contributed by atoms with Gasteiger partial charge in [-0.2, -0.15) is 0 Å². The molecule has 0 atom stereocenters. The molecule has 190 valence electrons. The van der Waals surface area contributed by atoms with Gasteiger partial charge in [-0.1, -0.05) is 35.3 Å². The fraction of sp³-hybridized carbons (Fsp3) is 0.120. The average Bonchev–Trinajstić information content (AvgIpc) is 3.43. The van der Waals surface area contributed by atoms with Crippen molar-refractivity contribution < 1.29 is 38.2 Å². The summed E-state index contributed by atoms with van der Waals surface area (Å²) in [4.78, 5) is 48.6. The van der Waals surface area contributed by atoms with E-state index in [-0.39, 0.29) is 51.7 Å². The van der Waals surface area contributed by atoms with Crippen LogP contribution in [0.1, 0.15) is 37.8 Å². The summed E-state index contributed by atoms with van der Waals surface area (Å²) in [5.41, 5.74) is 1.28. The average molecular weight is 545 g/mol. The number of nitrogens with one attached hydrogen (secondary N) is 1. The summed E-state index contributed by atoms with van der Waals surface area (Å²) in [6.45, 7) is -0.103. The SMILES string of the molecule is COC(=O)c1ccc(CN2C(=O)N/C(=C\c3cc(Cl)c(OCc4ccc(C(=O)O)cc4)c(Cl)c3)C2=O)o1. The Morgan fingerprint density at radius 1 is 1.08 bits per heavy atom. The zero-order valence-corrected chi connectivity index (χ0v) is 20.6. The topological polar surface area (TPSA) is 135 Å². The molecule has 2 aromatic carbocycles. The first kappa shape index (κ1) is 25.8. The molecule has 1 fully saturated rings. The molecule has 4 rings (SSSR count). The number of hydrogen-bond donors (Lipinski definition) is 2. The van der Waals surface area contributed by atoms with Gasteiger partial charge in [0.1, 0.15) is 18.1 Å². The van der Waals surface area contributed by atoms with Crippen molar-refractivity contribution >= 4 is 53.2 Å². The van der Waals surface area contributed by atoms with E-state index in [0.717, 1.165) is 4.90 Å². The quantitative estimate of drug-likeness (QED) is 0.235. The minimum Gasteiger partial charge on any atom is -0.486 e. The largest absolute Gasteiger partial charge is 0.486 e. The van der Waals surface area contributed by atoms with E-state index in [0.29, 0.717) is 11.1 Å². The fourth-order valence-electron chi connectivity index (χ4n) is 3.41. The lowest BCUT2D eigenvalue weighted by Crippen LogP contribution is -2.30. The Labute approximate surface area is 220 Å². The molecule has 0 unspecified atom stereocenters. The van der Waals surface area contributed by atoms with Gasteiger partial charge in [-0.15, -0.1) is 0 Å². The van der Waals surface area contributed by atoms with E-state index in [4.69, 9.17) is 37.5 Å². The summed E-state index contributed by atoms with van der Waals surface area (Å²) in [7, 11) is 1.21. The van der Waals surface area contributed by atoms with E-state index in [1.54, 1.807) is 12.1 Å². The molecule has 10 nitrogen and oxygen atoms in total. The molecular weight excluding hydrogens is 527 g/mol. The molecule has 1 aliphatic rings. The number of carboxylic acids is 1. The maximum atomic E-state index is 12.8. The van der Waals surface area contributed by atoms with Crippen molar-refractivity contribution in [1.82, 2.24) is 10.2 Å². The number of nitrogens with zero attached hydrogens (tertiary/aromatic N) is 1. The number of halogens is 2. The third kappa shape index (κ3) is 5.76. The molecule has 1 aromatic heterocycles. The highest BCUT2D eigenvalue weighted by Crippen LogP contribution is 2.35. The van der Waals surface area contributed by atoms with Crippen LogP contribution in [-0.2, 0) is 22.7 Å². The van der Waals surface area contributed by atoms with E-state index >= 15 is 0 Å². The Balaban J connectivity index is 1.45. The zero-order valence-electron chi connectivity index (χ0n) is 19.1. The number of furan rings is 1. The van der Waals surface area contributed by atoms with Crippen LogP contribution in [0.25, 0.3) is 6.08 Å². The Kier molecular flexibility index (Phi) is 7.51. The van der Waals surface area contributed by atoms with Crippen LogP contribution < -0.4 is 10.1 Å². The molecule has 12 heteroatoms. The number of hydrogen-bond acceptors (Lipinski definition) is 7. The number of benzene rings is 2. The number of ether oxygens (including phenoxy) is 2. The maximum Gasteiger partial charge on any atom is 0.373 e. The van der Waals surface area contributed by atoms with Gasteiger partial charge in [0.15, 0.2) is 5.75 Å².